The number of aliphatic hydroxyl groups excluding tert-OH is 1. The second-order valence-electron chi connectivity index (χ2n) is 6.51. The molecule has 1 aromatic carbocycles. The van der Waals surface area contributed by atoms with Crippen LogP contribution in [-0.2, 0) is 11.2 Å². The molecule has 1 amide bonds. The normalized spacial score (nSPS) is 15.6. The van der Waals surface area contributed by atoms with Gasteiger partial charge in [-0.2, -0.15) is 10.1 Å². The smallest absolute Gasteiger partial charge is 0.248 e. The Balaban J connectivity index is 2.20. The van der Waals surface area contributed by atoms with Gasteiger partial charge in [-0.3, -0.25) is 4.79 Å². The van der Waals surface area contributed by atoms with E-state index in [-0.39, 0.29) is 6.61 Å². The SMILES string of the molecule is COc1cc([C@H]2C(C(N)=O)=C(C)Nc3nc(CCCO)nn32)cc(OC)c1OC. The number of carbonyl (C=O) groups is 1. The second-order valence-corrected chi connectivity index (χ2v) is 6.51. The average Bonchev–Trinajstić information content (AvgIpc) is 3.11. The van der Waals surface area contributed by atoms with Crippen LogP contribution in [0.5, 0.6) is 17.2 Å². The molecule has 4 N–H and O–H groups in total. The topological polar surface area (TPSA) is 134 Å². The molecule has 0 aliphatic carbocycles. The minimum absolute atomic E-state index is 0.0391. The standard InChI is InChI=1S/C19H25N5O5/c1-10-15(18(20)26)16(24-19(21-10)22-14(23-24)6-5-7-25)11-8-12(27-2)17(29-4)13(9-11)28-3/h8-9,16,25H,5-7H2,1-4H3,(H2,20,26)(H,21,22,23)/t16-/m0/s1. The number of benzene rings is 1. The third kappa shape index (κ3) is 3.70. The largest absolute Gasteiger partial charge is 0.493 e. The van der Waals surface area contributed by atoms with Gasteiger partial charge in [0, 0.05) is 18.7 Å². The van der Waals surface area contributed by atoms with E-state index in [2.05, 4.69) is 15.4 Å². The van der Waals surface area contributed by atoms with Gasteiger partial charge in [0.15, 0.2) is 17.3 Å². The molecule has 1 atom stereocenters. The van der Waals surface area contributed by atoms with Crippen LogP contribution >= 0.6 is 0 Å². The predicted octanol–water partition coefficient (Wildman–Crippen LogP) is 1.00. The number of aromatic nitrogens is 3. The van der Waals surface area contributed by atoms with Crippen molar-refractivity contribution in [3.8, 4) is 17.2 Å². The zero-order chi connectivity index (χ0) is 21.1. The zero-order valence-electron chi connectivity index (χ0n) is 16.9. The highest BCUT2D eigenvalue weighted by atomic mass is 16.5. The van der Waals surface area contributed by atoms with Crippen LogP contribution < -0.4 is 25.3 Å². The molecule has 0 radical (unpaired) electrons. The fourth-order valence-electron chi connectivity index (χ4n) is 3.42. The maximum Gasteiger partial charge on any atom is 0.248 e. The van der Waals surface area contributed by atoms with E-state index in [1.807, 2.05) is 0 Å². The van der Waals surface area contributed by atoms with Gasteiger partial charge in [0.25, 0.3) is 0 Å². The third-order valence-electron chi connectivity index (χ3n) is 4.72. The van der Waals surface area contributed by atoms with E-state index in [0.717, 1.165) is 0 Å². The maximum atomic E-state index is 12.3. The number of amides is 1. The summed E-state index contributed by atoms with van der Waals surface area (Å²) in [5.74, 6) is 1.80. The lowest BCUT2D eigenvalue weighted by Gasteiger charge is -2.28. The van der Waals surface area contributed by atoms with Crippen LogP contribution in [0.4, 0.5) is 5.95 Å². The van der Waals surface area contributed by atoms with Gasteiger partial charge in [-0.25, -0.2) is 4.68 Å². The van der Waals surface area contributed by atoms with Crippen LogP contribution in [0, 0.1) is 0 Å². The Bertz CT molecular complexity index is 927. The quantitative estimate of drug-likeness (QED) is 0.594. The predicted molar refractivity (Wildman–Crippen MR) is 105 cm³/mol. The van der Waals surface area contributed by atoms with Crippen molar-refractivity contribution in [1.82, 2.24) is 14.8 Å². The molecule has 0 spiro atoms. The summed E-state index contributed by atoms with van der Waals surface area (Å²) in [6.07, 6.45) is 1.04. The van der Waals surface area contributed by atoms with Gasteiger partial charge in [-0.1, -0.05) is 0 Å². The summed E-state index contributed by atoms with van der Waals surface area (Å²) in [4.78, 5) is 16.8. The monoisotopic (exact) mass is 403 g/mol. The van der Waals surface area contributed by atoms with E-state index in [9.17, 15) is 4.79 Å². The highest BCUT2D eigenvalue weighted by Gasteiger charge is 2.34. The van der Waals surface area contributed by atoms with E-state index in [1.54, 1.807) is 23.7 Å². The van der Waals surface area contributed by atoms with E-state index in [4.69, 9.17) is 25.1 Å². The highest BCUT2D eigenvalue weighted by Crippen LogP contribution is 2.43. The van der Waals surface area contributed by atoms with Crippen LogP contribution in [0.25, 0.3) is 0 Å². The van der Waals surface area contributed by atoms with Crippen molar-refractivity contribution in [1.29, 1.82) is 0 Å². The van der Waals surface area contributed by atoms with E-state index in [0.29, 0.717) is 58.7 Å². The number of anilines is 1. The molecule has 0 saturated carbocycles. The number of aryl methyl sites for hydroxylation is 1. The maximum absolute atomic E-state index is 12.3. The molecular weight excluding hydrogens is 378 g/mol. The lowest BCUT2D eigenvalue weighted by molar-refractivity contribution is -0.115. The summed E-state index contributed by atoms with van der Waals surface area (Å²) in [7, 11) is 4.56. The van der Waals surface area contributed by atoms with Crippen molar-refractivity contribution in [2.45, 2.75) is 25.8 Å². The molecule has 10 heteroatoms. The second kappa shape index (κ2) is 8.39. The number of nitrogens with one attached hydrogen (secondary N) is 1. The van der Waals surface area contributed by atoms with Gasteiger partial charge >= 0.3 is 0 Å². The summed E-state index contributed by atoms with van der Waals surface area (Å²) in [5.41, 5.74) is 7.32. The number of rotatable bonds is 8. The molecule has 29 heavy (non-hydrogen) atoms. The minimum Gasteiger partial charge on any atom is -0.493 e. The Hall–Kier alpha value is -3.27. The number of ether oxygens (including phenoxy) is 3. The summed E-state index contributed by atoms with van der Waals surface area (Å²) < 4.78 is 17.9. The summed E-state index contributed by atoms with van der Waals surface area (Å²) >= 11 is 0. The summed E-state index contributed by atoms with van der Waals surface area (Å²) in [6.45, 7) is 1.80. The van der Waals surface area contributed by atoms with Gasteiger partial charge in [-0.05, 0) is 31.0 Å². The molecule has 0 fully saturated rings. The number of nitrogens with two attached hydrogens (primary N) is 1. The molecular formula is C19H25N5O5. The van der Waals surface area contributed by atoms with E-state index >= 15 is 0 Å². The first-order chi connectivity index (χ1) is 13.9. The summed E-state index contributed by atoms with van der Waals surface area (Å²) in [6, 6.07) is 2.88. The van der Waals surface area contributed by atoms with Gasteiger partial charge in [0.1, 0.15) is 6.04 Å². The first kappa shape index (κ1) is 20.5. The lowest BCUT2D eigenvalue weighted by atomic mass is 9.94. The van der Waals surface area contributed by atoms with Gasteiger partial charge < -0.3 is 30.4 Å². The molecule has 156 valence electrons. The number of primary amides is 1. The zero-order valence-corrected chi connectivity index (χ0v) is 16.9. The van der Waals surface area contributed by atoms with Crippen molar-refractivity contribution in [3.63, 3.8) is 0 Å². The molecule has 1 aliphatic heterocycles. The molecule has 0 unspecified atom stereocenters. The van der Waals surface area contributed by atoms with Crippen LogP contribution in [0.15, 0.2) is 23.4 Å². The number of hydrogen-bond donors (Lipinski definition) is 3. The number of nitrogens with zero attached hydrogens (tertiary/aromatic N) is 3. The number of hydrogen-bond acceptors (Lipinski definition) is 8. The minimum atomic E-state index is -0.632. The van der Waals surface area contributed by atoms with Gasteiger partial charge in [-0.15, -0.1) is 0 Å². The van der Waals surface area contributed by atoms with Crippen molar-refractivity contribution in [2.75, 3.05) is 33.3 Å². The molecule has 2 heterocycles. The van der Waals surface area contributed by atoms with Crippen molar-refractivity contribution >= 4 is 11.9 Å². The fraction of sp³-hybridized carbons (Fsp3) is 0.421. The van der Waals surface area contributed by atoms with Gasteiger partial charge in [0.2, 0.25) is 17.6 Å². The van der Waals surface area contributed by atoms with Crippen LogP contribution in [0.2, 0.25) is 0 Å². The highest BCUT2D eigenvalue weighted by molar-refractivity contribution is 5.95. The van der Waals surface area contributed by atoms with Crippen LogP contribution in [0.1, 0.15) is 30.8 Å². The molecule has 0 saturated heterocycles. The molecule has 0 bridgehead atoms. The third-order valence-corrected chi connectivity index (χ3v) is 4.72. The average molecular weight is 403 g/mol. The first-order valence-corrected chi connectivity index (χ1v) is 9.08. The Morgan fingerprint density at radius 3 is 2.41 bits per heavy atom. The molecule has 3 rings (SSSR count). The van der Waals surface area contributed by atoms with Crippen LogP contribution in [0.3, 0.4) is 0 Å². The molecule has 1 aromatic heterocycles. The molecule has 10 nitrogen and oxygen atoms in total. The Labute approximate surface area is 168 Å². The van der Waals surface area contributed by atoms with Crippen molar-refractivity contribution in [3.05, 3.63) is 34.8 Å². The first-order valence-electron chi connectivity index (χ1n) is 9.08. The number of carbonyl (C=O) groups excluding carboxylic acids is 1. The van der Waals surface area contributed by atoms with Crippen molar-refractivity contribution < 1.29 is 24.1 Å². The van der Waals surface area contributed by atoms with Crippen molar-refractivity contribution in [2.24, 2.45) is 5.73 Å². The van der Waals surface area contributed by atoms with E-state index < -0.39 is 11.9 Å². The number of fused-ring (bicyclic) bond motifs is 1. The van der Waals surface area contributed by atoms with Crippen LogP contribution in [-0.4, -0.2) is 53.7 Å². The number of methoxy groups -OCH3 is 3. The lowest BCUT2D eigenvalue weighted by Crippen LogP contribution is -2.32. The Kier molecular flexibility index (Phi) is 5.92. The van der Waals surface area contributed by atoms with Gasteiger partial charge in [0.05, 0.1) is 26.9 Å². The number of allylic oxidation sites excluding steroid dienone is 1. The summed E-state index contributed by atoms with van der Waals surface area (Å²) in [5, 5.41) is 16.7. The Morgan fingerprint density at radius 2 is 1.90 bits per heavy atom. The fourth-order valence-corrected chi connectivity index (χ4v) is 3.42. The Morgan fingerprint density at radius 1 is 1.24 bits per heavy atom. The number of aliphatic hydroxyl groups is 1. The molecule has 1 aliphatic rings. The molecule has 2 aromatic rings. The van der Waals surface area contributed by atoms with E-state index in [1.165, 1.54) is 21.3 Å².